The van der Waals surface area contributed by atoms with Crippen molar-refractivity contribution >= 4 is 28.4 Å². The van der Waals surface area contributed by atoms with Crippen LogP contribution in [0.5, 0.6) is 0 Å². The molecule has 8 nitrogen and oxygen atoms in total. The van der Waals surface area contributed by atoms with Gasteiger partial charge in [-0.2, -0.15) is 9.41 Å². The van der Waals surface area contributed by atoms with Gasteiger partial charge in [0.1, 0.15) is 6.17 Å². The van der Waals surface area contributed by atoms with E-state index in [-0.39, 0.29) is 29.4 Å². The minimum absolute atomic E-state index is 0.0519. The number of hydrogen-bond donors (Lipinski definition) is 2. The Morgan fingerprint density at radius 2 is 2.07 bits per heavy atom. The Morgan fingerprint density at radius 3 is 2.62 bits per heavy atom. The lowest BCUT2D eigenvalue weighted by Crippen LogP contribution is -2.58. The van der Waals surface area contributed by atoms with Gasteiger partial charge in [-0.1, -0.05) is 19.1 Å². The zero-order chi connectivity index (χ0) is 21.2. The summed E-state index contributed by atoms with van der Waals surface area (Å²) in [4.78, 5) is 16.5. The largest absolute Gasteiger partial charge is 0.351 e. The van der Waals surface area contributed by atoms with Gasteiger partial charge in [0.2, 0.25) is 15.9 Å². The number of rotatable bonds is 7. The van der Waals surface area contributed by atoms with Gasteiger partial charge in [-0.05, 0) is 24.6 Å². The predicted molar refractivity (Wildman–Crippen MR) is 104 cm³/mol. The number of carbonyl (C=O) groups is 1. The summed E-state index contributed by atoms with van der Waals surface area (Å²) in [6.07, 6.45) is 3.15. The van der Waals surface area contributed by atoms with Crippen molar-refractivity contribution < 1.29 is 22.0 Å². The Labute approximate surface area is 168 Å². The zero-order valence-corrected chi connectivity index (χ0v) is 16.9. The third-order valence-corrected chi connectivity index (χ3v) is 6.55. The molecule has 3 rings (SSSR count). The molecule has 3 unspecified atom stereocenters. The van der Waals surface area contributed by atoms with E-state index in [4.69, 9.17) is 0 Å². The molecule has 2 aliphatic rings. The zero-order valence-electron chi connectivity index (χ0n) is 16.0. The van der Waals surface area contributed by atoms with E-state index in [0.29, 0.717) is 5.56 Å². The lowest BCUT2D eigenvalue weighted by molar-refractivity contribution is -0.122. The van der Waals surface area contributed by atoms with Gasteiger partial charge in [0, 0.05) is 24.9 Å². The lowest BCUT2D eigenvalue weighted by Gasteiger charge is -2.37. The monoisotopic (exact) mass is 427 g/mol. The van der Waals surface area contributed by atoms with Crippen LogP contribution >= 0.6 is 0 Å². The van der Waals surface area contributed by atoms with Crippen LogP contribution in [0.2, 0.25) is 0 Å². The van der Waals surface area contributed by atoms with Gasteiger partial charge in [0.15, 0.2) is 0 Å². The molecule has 0 aromatic heterocycles. The summed E-state index contributed by atoms with van der Waals surface area (Å²) in [6.45, 7) is 2.30. The first-order valence-corrected chi connectivity index (χ1v) is 10.6. The minimum atomic E-state index is -3.92. The van der Waals surface area contributed by atoms with Crippen molar-refractivity contribution in [2.75, 3.05) is 13.1 Å². The molecule has 0 radical (unpaired) electrons. The van der Waals surface area contributed by atoms with Crippen LogP contribution < -0.4 is 10.7 Å². The van der Waals surface area contributed by atoms with Gasteiger partial charge in [0.25, 0.3) is 5.92 Å². The molecule has 3 atom stereocenters. The van der Waals surface area contributed by atoms with Crippen LogP contribution in [-0.2, 0) is 21.4 Å². The van der Waals surface area contributed by atoms with Crippen molar-refractivity contribution in [1.29, 1.82) is 0 Å². The molecular weight excluding hydrogens is 404 g/mol. The second-order valence-corrected chi connectivity index (χ2v) is 9.23. The number of hydrazone groups is 1. The van der Waals surface area contributed by atoms with E-state index in [1.54, 1.807) is 31.5 Å². The molecule has 2 heterocycles. The highest BCUT2D eigenvalue weighted by Crippen LogP contribution is 2.32. The molecular formula is C18H23F2N5O3S. The average molecular weight is 427 g/mol. The van der Waals surface area contributed by atoms with Crippen molar-refractivity contribution in [2.45, 2.75) is 37.4 Å². The van der Waals surface area contributed by atoms with E-state index >= 15 is 0 Å². The number of benzene rings is 1. The second-order valence-electron chi connectivity index (χ2n) is 7.29. The first kappa shape index (κ1) is 21.3. The van der Waals surface area contributed by atoms with Crippen LogP contribution in [0.15, 0.2) is 39.3 Å². The van der Waals surface area contributed by atoms with E-state index < -0.39 is 35.0 Å². The molecule has 1 aromatic carbocycles. The van der Waals surface area contributed by atoms with Crippen molar-refractivity contribution in [3.05, 3.63) is 29.8 Å². The number of carbonyl (C=O) groups excluding carboxylic acids is 1. The first-order chi connectivity index (χ1) is 13.6. The molecule has 0 aliphatic carbocycles. The van der Waals surface area contributed by atoms with Gasteiger partial charge in [-0.15, -0.1) is 0 Å². The van der Waals surface area contributed by atoms with Crippen molar-refractivity contribution in [2.24, 2.45) is 21.9 Å². The number of alkyl halides is 2. The molecule has 1 aromatic rings. The summed E-state index contributed by atoms with van der Waals surface area (Å²) in [5, 5.41) is 6.68. The third kappa shape index (κ3) is 4.96. The number of halogens is 2. The quantitative estimate of drug-likeness (QED) is 0.638. The molecule has 1 saturated heterocycles. The highest BCUT2D eigenvalue weighted by molar-refractivity contribution is 7.89. The molecule has 0 saturated carbocycles. The van der Waals surface area contributed by atoms with Crippen LogP contribution in [-0.4, -0.2) is 56.2 Å². The summed E-state index contributed by atoms with van der Waals surface area (Å²) in [5.41, 5.74) is 3.53. The fraction of sp³-hybridized carbons (Fsp3) is 0.500. The Hall–Kier alpha value is -2.40. The molecule has 11 heteroatoms. The summed E-state index contributed by atoms with van der Waals surface area (Å²) in [6, 6.07) is 5.80. The second kappa shape index (κ2) is 8.15. The summed E-state index contributed by atoms with van der Waals surface area (Å²) < 4.78 is 51.2. The van der Waals surface area contributed by atoms with Crippen LogP contribution in [0.4, 0.5) is 8.78 Å². The van der Waals surface area contributed by atoms with E-state index in [1.165, 1.54) is 12.1 Å². The van der Waals surface area contributed by atoms with Gasteiger partial charge >= 0.3 is 0 Å². The fourth-order valence-electron chi connectivity index (χ4n) is 2.81. The molecule has 2 N–H and O–H groups in total. The molecule has 2 aliphatic heterocycles. The summed E-state index contributed by atoms with van der Waals surface area (Å²) >= 11 is 0. The number of sulfonamides is 1. The summed E-state index contributed by atoms with van der Waals surface area (Å²) in [7, 11) is -3.92. The maximum absolute atomic E-state index is 12.9. The molecule has 158 valence electrons. The van der Waals surface area contributed by atoms with E-state index in [2.05, 4.69) is 20.8 Å². The van der Waals surface area contributed by atoms with Crippen LogP contribution in [0.1, 0.15) is 19.4 Å². The van der Waals surface area contributed by atoms with Crippen molar-refractivity contribution in [3.8, 4) is 0 Å². The van der Waals surface area contributed by atoms with Crippen LogP contribution in [0.3, 0.4) is 0 Å². The third-order valence-electron chi connectivity index (χ3n) is 4.74. The lowest BCUT2D eigenvalue weighted by atomic mass is 10.1. The Morgan fingerprint density at radius 1 is 1.41 bits per heavy atom. The molecule has 0 bridgehead atoms. The maximum Gasteiger partial charge on any atom is 0.275 e. The van der Waals surface area contributed by atoms with Gasteiger partial charge in [0.05, 0.1) is 23.9 Å². The fourth-order valence-corrected chi connectivity index (χ4v) is 4.31. The predicted octanol–water partition coefficient (Wildman–Crippen LogP) is 1.20. The van der Waals surface area contributed by atoms with E-state index in [9.17, 15) is 22.0 Å². The van der Waals surface area contributed by atoms with E-state index in [1.807, 2.05) is 6.92 Å². The van der Waals surface area contributed by atoms with Crippen molar-refractivity contribution in [3.63, 3.8) is 0 Å². The maximum atomic E-state index is 12.9. The first-order valence-electron chi connectivity index (χ1n) is 9.15. The SMILES string of the molecule is CC(C=NC1NN=CC1C)C(=O)NCc1ccc(S(=O)(=O)N2CC(F)(F)C2)cc1. The Bertz CT molecular complexity index is 910. The van der Waals surface area contributed by atoms with Gasteiger partial charge < -0.3 is 5.32 Å². The van der Waals surface area contributed by atoms with Crippen LogP contribution in [0.25, 0.3) is 0 Å². The van der Waals surface area contributed by atoms with Gasteiger partial charge in [-0.25, -0.2) is 17.2 Å². The van der Waals surface area contributed by atoms with Gasteiger partial charge in [-0.3, -0.25) is 15.2 Å². The van der Waals surface area contributed by atoms with Crippen LogP contribution in [0, 0.1) is 11.8 Å². The smallest absolute Gasteiger partial charge is 0.275 e. The molecule has 1 fully saturated rings. The highest BCUT2D eigenvalue weighted by atomic mass is 32.2. The normalized spacial score (nSPS) is 24.8. The number of nitrogens with one attached hydrogen (secondary N) is 2. The summed E-state index contributed by atoms with van der Waals surface area (Å²) in [5.74, 6) is -3.48. The molecule has 1 amide bonds. The average Bonchev–Trinajstić information content (AvgIpc) is 3.07. The molecule has 29 heavy (non-hydrogen) atoms. The number of amides is 1. The Balaban J connectivity index is 1.51. The van der Waals surface area contributed by atoms with Crippen molar-refractivity contribution in [1.82, 2.24) is 15.0 Å². The standard InChI is InChI=1S/C18H23F2N5O3S/c1-12-8-23-24-16(12)21-7-13(2)17(26)22-9-14-3-5-15(6-4-14)29(27,28)25-10-18(19,20)11-25/h3-8,12-13,16,24H,9-11H2,1-2H3,(H,22,26). The highest BCUT2D eigenvalue weighted by Gasteiger charge is 2.49. The minimum Gasteiger partial charge on any atom is -0.351 e. The number of aliphatic imine (C=N–C) groups is 1. The number of nitrogens with zero attached hydrogens (tertiary/aromatic N) is 3. The number of hydrogen-bond acceptors (Lipinski definition) is 6. The molecule has 0 spiro atoms. The topological polar surface area (TPSA) is 103 Å². The Kier molecular flexibility index (Phi) is 5.99. The van der Waals surface area contributed by atoms with E-state index in [0.717, 1.165) is 4.31 Å².